The van der Waals surface area contributed by atoms with E-state index in [1.165, 1.54) is 12.8 Å². The third-order valence-electron chi connectivity index (χ3n) is 3.31. The summed E-state index contributed by atoms with van der Waals surface area (Å²) in [5.41, 5.74) is 1.00. The molecule has 3 heteroatoms. The molecule has 0 N–H and O–H groups in total. The Morgan fingerprint density at radius 2 is 1.88 bits per heavy atom. The molecule has 1 atom stereocenters. The van der Waals surface area contributed by atoms with E-state index in [1.54, 1.807) is 6.07 Å². The van der Waals surface area contributed by atoms with E-state index in [0.717, 1.165) is 18.4 Å². The summed E-state index contributed by atoms with van der Waals surface area (Å²) in [4.78, 5) is 0. The number of hydrogen-bond acceptors (Lipinski definition) is 1. The summed E-state index contributed by atoms with van der Waals surface area (Å²) >= 11 is 11.9. The van der Waals surface area contributed by atoms with Crippen LogP contribution in [0.3, 0.4) is 0 Å². The van der Waals surface area contributed by atoms with Gasteiger partial charge in [0, 0.05) is 0 Å². The average molecular weight is 254 g/mol. The minimum atomic E-state index is -0.0303. The predicted octanol–water partition coefficient (Wildman–Crippen LogP) is 4.79. The van der Waals surface area contributed by atoms with Crippen LogP contribution in [-0.4, -0.2) is 0 Å². The number of benzene rings is 1. The van der Waals surface area contributed by atoms with Crippen molar-refractivity contribution in [3.8, 4) is 6.07 Å². The van der Waals surface area contributed by atoms with Gasteiger partial charge in [-0.3, -0.25) is 0 Å². The molecule has 0 bridgehead atoms. The number of hydrogen-bond donors (Lipinski definition) is 0. The van der Waals surface area contributed by atoms with E-state index in [1.807, 2.05) is 12.1 Å². The molecule has 1 aromatic carbocycles. The van der Waals surface area contributed by atoms with Crippen LogP contribution in [-0.2, 0) is 0 Å². The fraction of sp³-hybridized carbons (Fsp3) is 0.462. The number of rotatable bonds is 2. The van der Waals surface area contributed by atoms with Gasteiger partial charge in [0.2, 0.25) is 0 Å². The maximum Gasteiger partial charge on any atom is 0.0741 e. The second-order valence-electron chi connectivity index (χ2n) is 4.32. The molecule has 1 unspecified atom stereocenters. The zero-order valence-electron chi connectivity index (χ0n) is 8.92. The standard InChI is InChI=1S/C13H13Cl2N/c14-12-6-5-10(7-13(12)15)11(8-16)9-3-1-2-4-9/h5-7,9,11H,1-4H2. The van der Waals surface area contributed by atoms with Gasteiger partial charge in [-0.05, 0) is 36.5 Å². The first-order chi connectivity index (χ1) is 7.72. The monoisotopic (exact) mass is 253 g/mol. The molecular formula is C13H13Cl2N. The SMILES string of the molecule is N#CC(c1ccc(Cl)c(Cl)c1)C1CCCC1. The van der Waals surface area contributed by atoms with Crippen LogP contribution in [0.5, 0.6) is 0 Å². The highest BCUT2D eigenvalue weighted by molar-refractivity contribution is 6.42. The Labute approximate surface area is 106 Å². The van der Waals surface area contributed by atoms with Crippen molar-refractivity contribution in [3.05, 3.63) is 33.8 Å². The van der Waals surface area contributed by atoms with E-state index < -0.39 is 0 Å². The van der Waals surface area contributed by atoms with Crippen LogP contribution in [0, 0.1) is 17.2 Å². The second-order valence-corrected chi connectivity index (χ2v) is 5.14. The van der Waals surface area contributed by atoms with Gasteiger partial charge in [-0.1, -0.05) is 42.1 Å². The van der Waals surface area contributed by atoms with E-state index in [4.69, 9.17) is 23.2 Å². The molecule has 0 aromatic heterocycles. The molecule has 0 radical (unpaired) electrons. The van der Waals surface area contributed by atoms with Crippen molar-refractivity contribution in [3.63, 3.8) is 0 Å². The van der Waals surface area contributed by atoms with Crippen LogP contribution in [0.25, 0.3) is 0 Å². The summed E-state index contributed by atoms with van der Waals surface area (Å²) in [7, 11) is 0. The Hall–Kier alpha value is -0.710. The lowest BCUT2D eigenvalue weighted by molar-refractivity contribution is 0.501. The van der Waals surface area contributed by atoms with Gasteiger partial charge in [-0.25, -0.2) is 0 Å². The van der Waals surface area contributed by atoms with Gasteiger partial charge in [0.05, 0.1) is 22.0 Å². The van der Waals surface area contributed by atoms with Crippen LogP contribution in [0.4, 0.5) is 0 Å². The van der Waals surface area contributed by atoms with Gasteiger partial charge >= 0.3 is 0 Å². The molecule has 1 nitrogen and oxygen atoms in total. The van der Waals surface area contributed by atoms with Gasteiger partial charge in [0.25, 0.3) is 0 Å². The smallest absolute Gasteiger partial charge is 0.0741 e. The minimum absolute atomic E-state index is 0.0303. The first-order valence-electron chi connectivity index (χ1n) is 5.57. The van der Waals surface area contributed by atoms with E-state index in [2.05, 4.69) is 6.07 Å². The molecule has 0 heterocycles. The Morgan fingerprint density at radius 3 is 2.44 bits per heavy atom. The van der Waals surface area contributed by atoms with Crippen LogP contribution in [0.2, 0.25) is 10.0 Å². The molecule has 1 aliphatic carbocycles. The summed E-state index contributed by atoms with van der Waals surface area (Å²) < 4.78 is 0. The third kappa shape index (κ3) is 2.34. The maximum absolute atomic E-state index is 9.27. The third-order valence-corrected chi connectivity index (χ3v) is 4.05. The average Bonchev–Trinajstić information content (AvgIpc) is 2.78. The van der Waals surface area contributed by atoms with E-state index in [-0.39, 0.29) is 5.92 Å². The molecule has 1 saturated carbocycles. The van der Waals surface area contributed by atoms with Crippen molar-refractivity contribution in [1.82, 2.24) is 0 Å². The highest BCUT2D eigenvalue weighted by Crippen LogP contribution is 2.38. The Balaban J connectivity index is 2.26. The highest BCUT2D eigenvalue weighted by Gasteiger charge is 2.26. The van der Waals surface area contributed by atoms with Crippen molar-refractivity contribution in [2.24, 2.45) is 5.92 Å². The molecule has 0 spiro atoms. The van der Waals surface area contributed by atoms with Crippen molar-refractivity contribution >= 4 is 23.2 Å². The van der Waals surface area contributed by atoms with Gasteiger partial charge in [0.15, 0.2) is 0 Å². The van der Waals surface area contributed by atoms with Crippen LogP contribution in [0.15, 0.2) is 18.2 Å². The lowest BCUT2D eigenvalue weighted by Gasteiger charge is -2.16. The van der Waals surface area contributed by atoms with Gasteiger partial charge in [-0.2, -0.15) is 5.26 Å². The normalized spacial score (nSPS) is 18.3. The summed E-state index contributed by atoms with van der Waals surface area (Å²) in [6.07, 6.45) is 4.78. The molecule has 1 fully saturated rings. The van der Waals surface area contributed by atoms with Gasteiger partial charge in [0.1, 0.15) is 0 Å². The van der Waals surface area contributed by atoms with Gasteiger partial charge in [-0.15, -0.1) is 0 Å². The van der Waals surface area contributed by atoms with Crippen molar-refractivity contribution in [1.29, 1.82) is 5.26 Å². The number of nitrogens with zero attached hydrogens (tertiary/aromatic N) is 1. The van der Waals surface area contributed by atoms with Crippen molar-refractivity contribution in [2.45, 2.75) is 31.6 Å². The summed E-state index contributed by atoms with van der Waals surface area (Å²) in [6.45, 7) is 0. The number of halogens is 2. The molecule has 2 rings (SSSR count). The summed E-state index contributed by atoms with van der Waals surface area (Å²) in [5, 5.41) is 10.4. The molecule has 0 saturated heterocycles. The summed E-state index contributed by atoms with van der Waals surface area (Å²) in [5.74, 6) is 0.458. The van der Waals surface area contributed by atoms with Crippen molar-refractivity contribution in [2.75, 3.05) is 0 Å². The van der Waals surface area contributed by atoms with E-state index >= 15 is 0 Å². The molecule has 84 valence electrons. The highest BCUT2D eigenvalue weighted by atomic mass is 35.5. The molecule has 1 aromatic rings. The summed E-state index contributed by atoms with van der Waals surface area (Å²) in [6, 6.07) is 7.93. The zero-order chi connectivity index (χ0) is 11.5. The van der Waals surface area contributed by atoms with Crippen LogP contribution in [0.1, 0.15) is 37.2 Å². The predicted molar refractivity (Wildman–Crippen MR) is 66.8 cm³/mol. The first kappa shape index (κ1) is 11.8. The lowest BCUT2D eigenvalue weighted by Crippen LogP contribution is -2.07. The van der Waals surface area contributed by atoms with Crippen LogP contribution >= 0.6 is 23.2 Å². The van der Waals surface area contributed by atoms with Gasteiger partial charge < -0.3 is 0 Å². The first-order valence-corrected chi connectivity index (χ1v) is 6.32. The quantitative estimate of drug-likeness (QED) is 0.744. The minimum Gasteiger partial charge on any atom is -0.198 e. The molecule has 16 heavy (non-hydrogen) atoms. The Kier molecular flexibility index (Phi) is 3.74. The topological polar surface area (TPSA) is 23.8 Å². The molecule has 0 amide bonds. The molecule has 0 aliphatic heterocycles. The second kappa shape index (κ2) is 5.08. The largest absolute Gasteiger partial charge is 0.198 e. The number of nitriles is 1. The zero-order valence-corrected chi connectivity index (χ0v) is 10.4. The Bertz CT molecular complexity index is 416. The fourth-order valence-electron chi connectivity index (χ4n) is 2.45. The van der Waals surface area contributed by atoms with E-state index in [9.17, 15) is 5.26 Å². The van der Waals surface area contributed by atoms with Crippen LogP contribution < -0.4 is 0 Å². The molecule has 1 aliphatic rings. The van der Waals surface area contributed by atoms with E-state index in [0.29, 0.717) is 16.0 Å². The Morgan fingerprint density at radius 1 is 1.19 bits per heavy atom. The molecular weight excluding hydrogens is 241 g/mol. The maximum atomic E-state index is 9.27. The lowest BCUT2D eigenvalue weighted by atomic mass is 9.86. The fourth-order valence-corrected chi connectivity index (χ4v) is 2.76. The van der Waals surface area contributed by atoms with Crippen molar-refractivity contribution < 1.29 is 0 Å².